The highest BCUT2D eigenvalue weighted by Gasteiger charge is 2.25. The number of halogens is 2. The number of fused-ring (bicyclic) bond motifs is 1. The number of nitrogens with zero attached hydrogens (tertiary/aromatic N) is 2. The molecule has 126 valence electrons. The first kappa shape index (κ1) is 16.9. The molecular weight excluding hydrogens is 469 g/mol. The largest absolute Gasteiger partial charge is 0.306 e. The van der Waals surface area contributed by atoms with E-state index in [1.807, 2.05) is 48.5 Å². The molecule has 0 radical (unpaired) electrons. The average molecular weight is 482 g/mol. The normalized spacial score (nSPS) is 12.9. The van der Waals surface area contributed by atoms with Gasteiger partial charge in [-0.3, -0.25) is 4.79 Å². The minimum absolute atomic E-state index is 0.132. The molecule has 1 aliphatic heterocycles. The van der Waals surface area contributed by atoms with Gasteiger partial charge in [-0.2, -0.15) is 16.9 Å². The van der Waals surface area contributed by atoms with Gasteiger partial charge in [-0.05, 0) is 52.9 Å². The van der Waals surface area contributed by atoms with Crippen molar-refractivity contribution >= 4 is 57.7 Å². The van der Waals surface area contributed by atoms with Crippen LogP contribution in [0.1, 0.15) is 21.6 Å². The third kappa shape index (κ3) is 3.30. The Balaban J connectivity index is 1.76. The van der Waals surface area contributed by atoms with Gasteiger partial charge in [0.1, 0.15) is 5.82 Å². The number of thioether (sulfide) groups is 1. The number of benzene rings is 2. The summed E-state index contributed by atoms with van der Waals surface area (Å²) in [6.45, 7) is 0. The summed E-state index contributed by atoms with van der Waals surface area (Å²) in [5.41, 5.74) is 3.60. The molecule has 0 atom stereocenters. The molecule has 0 saturated carbocycles. The van der Waals surface area contributed by atoms with Gasteiger partial charge in [0.15, 0.2) is 0 Å². The third-order valence-electron chi connectivity index (χ3n) is 3.96. The van der Waals surface area contributed by atoms with E-state index in [1.165, 1.54) is 0 Å². The quantitative estimate of drug-likeness (QED) is 0.528. The highest BCUT2D eigenvalue weighted by atomic mass is 127. The van der Waals surface area contributed by atoms with E-state index in [0.717, 1.165) is 37.8 Å². The number of rotatable bonds is 3. The Morgan fingerprint density at radius 2 is 2.04 bits per heavy atom. The number of hydrogen-bond donors (Lipinski definition) is 1. The molecule has 1 aromatic heterocycles. The molecule has 0 unspecified atom stereocenters. The number of nitrogens with one attached hydrogen (secondary N) is 1. The Morgan fingerprint density at radius 3 is 2.84 bits per heavy atom. The Morgan fingerprint density at radius 1 is 1.20 bits per heavy atom. The summed E-state index contributed by atoms with van der Waals surface area (Å²) < 4.78 is 2.70. The van der Waals surface area contributed by atoms with Gasteiger partial charge in [0.05, 0.1) is 16.9 Å². The van der Waals surface area contributed by atoms with E-state index in [4.69, 9.17) is 16.7 Å². The molecule has 0 spiro atoms. The minimum atomic E-state index is -0.132. The standard InChI is InChI=1S/C18H13ClIN3OS/c19-11-4-3-5-12(8-11)23-17(14-9-25-10-16(14)22-23)21-18(24)13-6-1-2-7-15(13)20/h1-8H,9-10H2,(H,21,24). The van der Waals surface area contributed by atoms with E-state index < -0.39 is 0 Å². The molecule has 4 nitrogen and oxygen atoms in total. The molecule has 2 aromatic carbocycles. The van der Waals surface area contributed by atoms with Gasteiger partial charge in [-0.25, -0.2) is 4.68 Å². The van der Waals surface area contributed by atoms with Crippen molar-refractivity contribution in [1.29, 1.82) is 0 Å². The predicted octanol–water partition coefficient (Wildman–Crippen LogP) is 5.13. The van der Waals surface area contributed by atoms with Gasteiger partial charge in [0.25, 0.3) is 5.91 Å². The molecule has 4 rings (SSSR count). The number of anilines is 1. The number of hydrogen-bond acceptors (Lipinski definition) is 3. The summed E-state index contributed by atoms with van der Waals surface area (Å²) in [4.78, 5) is 12.8. The Labute approximate surface area is 168 Å². The molecule has 0 aliphatic carbocycles. The summed E-state index contributed by atoms with van der Waals surface area (Å²) in [5, 5.41) is 8.39. The lowest BCUT2D eigenvalue weighted by molar-refractivity contribution is 0.102. The third-order valence-corrected chi connectivity index (χ3v) is 6.10. The van der Waals surface area contributed by atoms with Crippen LogP contribution in [0.5, 0.6) is 0 Å². The smallest absolute Gasteiger partial charge is 0.257 e. The van der Waals surface area contributed by atoms with Gasteiger partial charge in [0, 0.05) is 25.7 Å². The fourth-order valence-electron chi connectivity index (χ4n) is 2.76. The summed E-state index contributed by atoms with van der Waals surface area (Å²) in [6.07, 6.45) is 0. The van der Waals surface area contributed by atoms with Crippen LogP contribution in [0.4, 0.5) is 5.82 Å². The van der Waals surface area contributed by atoms with E-state index in [1.54, 1.807) is 16.4 Å². The van der Waals surface area contributed by atoms with Crippen molar-refractivity contribution in [3.05, 3.63) is 73.9 Å². The molecule has 7 heteroatoms. The molecule has 1 N–H and O–H groups in total. The molecule has 1 aliphatic rings. The Bertz CT molecular complexity index is 973. The second kappa shape index (κ2) is 7.01. The summed E-state index contributed by atoms with van der Waals surface area (Å²) >= 11 is 10.1. The summed E-state index contributed by atoms with van der Waals surface area (Å²) in [5.74, 6) is 2.30. The van der Waals surface area contributed by atoms with Crippen LogP contribution in [0.2, 0.25) is 5.02 Å². The predicted molar refractivity (Wildman–Crippen MR) is 111 cm³/mol. The second-order valence-corrected chi connectivity index (χ2v) is 8.18. The zero-order chi connectivity index (χ0) is 17.4. The highest BCUT2D eigenvalue weighted by molar-refractivity contribution is 14.1. The molecule has 0 bridgehead atoms. The lowest BCUT2D eigenvalue weighted by atomic mass is 10.2. The monoisotopic (exact) mass is 481 g/mol. The fourth-order valence-corrected chi connectivity index (χ4v) is 4.61. The van der Waals surface area contributed by atoms with Crippen molar-refractivity contribution in [3.63, 3.8) is 0 Å². The Hall–Kier alpha value is -1.51. The molecule has 0 fully saturated rings. The van der Waals surface area contributed by atoms with E-state index in [9.17, 15) is 4.79 Å². The van der Waals surface area contributed by atoms with Crippen LogP contribution in [0, 0.1) is 3.57 Å². The van der Waals surface area contributed by atoms with E-state index in [0.29, 0.717) is 10.6 Å². The maximum Gasteiger partial charge on any atom is 0.257 e. The summed E-state index contributed by atoms with van der Waals surface area (Å²) in [6, 6.07) is 15.0. The molecule has 1 amide bonds. The van der Waals surface area contributed by atoms with Gasteiger partial charge >= 0.3 is 0 Å². The lowest BCUT2D eigenvalue weighted by Crippen LogP contribution is -2.17. The number of carbonyl (C=O) groups is 1. The number of amides is 1. The van der Waals surface area contributed by atoms with Crippen molar-refractivity contribution in [2.75, 3.05) is 5.32 Å². The van der Waals surface area contributed by atoms with Gasteiger partial charge in [0.2, 0.25) is 0 Å². The van der Waals surface area contributed by atoms with E-state index >= 15 is 0 Å². The van der Waals surface area contributed by atoms with Crippen molar-refractivity contribution in [3.8, 4) is 5.69 Å². The van der Waals surface area contributed by atoms with Gasteiger partial charge in [-0.1, -0.05) is 29.8 Å². The van der Waals surface area contributed by atoms with E-state index in [-0.39, 0.29) is 5.91 Å². The molecule has 0 saturated heterocycles. The van der Waals surface area contributed by atoms with Gasteiger partial charge in [-0.15, -0.1) is 0 Å². The first-order chi connectivity index (χ1) is 12.1. The number of carbonyl (C=O) groups excluding carboxylic acids is 1. The van der Waals surface area contributed by atoms with E-state index in [2.05, 4.69) is 27.9 Å². The Kier molecular flexibility index (Phi) is 4.75. The second-order valence-electron chi connectivity index (χ2n) is 5.59. The van der Waals surface area contributed by atoms with Crippen molar-refractivity contribution in [2.24, 2.45) is 0 Å². The topological polar surface area (TPSA) is 46.9 Å². The van der Waals surface area contributed by atoms with Crippen LogP contribution in [-0.4, -0.2) is 15.7 Å². The van der Waals surface area contributed by atoms with Crippen LogP contribution < -0.4 is 5.32 Å². The van der Waals surface area contributed by atoms with Crippen LogP contribution >= 0.6 is 46.0 Å². The zero-order valence-electron chi connectivity index (χ0n) is 13.0. The van der Waals surface area contributed by atoms with Crippen molar-refractivity contribution < 1.29 is 4.79 Å². The minimum Gasteiger partial charge on any atom is -0.306 e. The maximum absolute atomic E-state index is 12.8. The molecule has 25 heavy (non-hydrogen) atoms. The van der Waals surface area contributed by atoms with Crippen molar-refractivity contribution in [1.82, 2.24) is 9.78 Å². The fraction of sp³-hybridized carbons (Fsp3) is 0.111. The maximum atomic E-state index is 12.8. The first-order valence-corrected chi connectivity index (χ1v) is 10.2. The lowest BCUT2D eigenvalue weighted by Gasteiger charge is -2.12. The average Bonchev–Trinajstić information content (AvgIpc) is 3.18. The van der Waals surface area contributed by atoms with Crippen molar-refractivity contribution in [2.45, 2.75) is 11.5 Å². The molecule has 3 aromatic rings. The van der Waals surface area contributed by atoms with Gasteiger partial charge < -0.3 is 5.32 Å². The van der Waals surface area contributed by atoms with Crippen LogP contribution in [-0.2, 0) is 11.5 Å². The van der Waals surface area contributed by atoms with Crippen LogP contribution in [0.15, 0.2) is 48.5 Å². The zero-order valence-corrected chi connectivity index (χ0v) is 16.7. The highest BCUT2D eigenvalue weighted by Crippen LogP contribution is 2.36. The SMILES string of the molecule is O=C(Nc1c2c(nn1-c1cccc(Cl)c1)CSC2)c1ccccc1I. The first-order valence-electron chi connectivity index (χ1n) is 7.64. The van der Waals surface area contributed by atoms with Crippen LogP contribution in [0.25, 0.3) is 5.69 Å². The van der Waals surface area contributed by atoms with Crippen LogP contribution in [0.3, 0.4) is 0 Å². The molecular formula is C18H13ClIN3OS. The summed E-state index contributed by atoms with van der Waals surface area (Å²) in [7, 11) is 0. The molecule has 2 heterocycles. The number of aromatic nitrogens is 2.